The zero-order valence-electron chi connectivity index (χ0n) is 26.4. The molecule has 4 heterocycles. The molecule has 0 atom stereocenters. The van der Waals surface area contributed by atoms with Gasteiger partial charge in [-0.25, -0.2) is 0 Å². The quantitative estimate of drug-likeness (QED) is 0.191. The molecule has 12 aromatic rings. The third-order valence-electron chi connectivity index (χ3n) is 10.9. The van der Waals surface area contributed by atoms with Gasteiger partial charge in [0.15, 0.2) is 0 Å². The van der Waals surface area contributed by atoms with Gasteiger partial charge >= 0.3 is 0 Å². The Morgan fingerprint density at radius 2 is 0.878 bits per heavy atom. The minimum absolute atomic E-state index is 1.14. The highest BCUT2D eigenvalue weighted by Gasteiger charge is 2.25. The second-order valence-electron chi connectivity index (χ2n) is 13.3. The standard InChI is InChI=1S/C46H27N3/c1-3-14-29(15-4-1)47(30-16-5-2-6-17-30)40-24-12-22-33-32-20-11-21-34-36-26-41-37(27-42(36)49(44(32)34)45(33)40)38-25-28-13-7-8-18-31(28)43-35-19-9-10-23-39(35)48(41)46(38)43/h1-27H. The lowest BCUT2D eigenvalue weighted by Crippen LogP contribution is -2.10. The molecule has 8 aromatic carbocycles. The maximum Gasteiger partial charge on any atom is 0.0782 e. The van der Waals surface area contributed by atoms with Gasteiger partial charge in [-0.05, 0) is 65.4 Å². The van der Waals surface area contributed by atoms with Crippen molar-refractivity contribution < 1.29 is 0 Å². The molecule has 226 valence electrons. The number of para-hydroxylation sites is 5. The van der Waals surface area contributed by atoms with Crippen LogP contribution in [0.5, 0.6) is 0 Å². The van der Waals surface area contributed by atoms with E-state index in [4.69, 9.17) is 0 Å². The van der Waals surface area contributed by atoms with E-state index in [1.54, 1.807) is 0 Å². The van der Waals surface area contributed by atoms with Crippen LogP contribution in [0.25, 0.3) is 87.0 Å². The van der Waals surface area contributed by atoms with Gasteiger partial charge in [0, 0.05) is 54.5 Å². The first-order chi connectivity index (χ1) is 24.3. The van der Waals surface area contributed by atoms with Gasteiger partial charge in [-0.1, -0.05) is 109 Å². The van der Waals surface area contributed by atoms with Gasteiger partial charge in [-0.15, -0.1) is 0 Å². The highest BCUT2D eigenvalue weighted by molar-refractivity contribution is 6.33. The molecule has 0 radical (unpaired) electrons. The summed E-state index contributed by atoms with van der Waals surface area (Å²) in [6, 6.07) is 60.2. The van der Waals surface area contributed by atoms with E-state index >= 15 is 0 Å². The number of rotatable bonds is 3. The van der Waals surface area contributed by atoms with Crippen LogP contribution in [-0.2, 0) is 0 Å². The highest BCUT2D eigenvalue weighted by Crippen LogP contribution is 2.48. The largest absolute Gasteiger partial charge is 0.308 e. The Labute approximate surface area is 280 Å². The molecule has 0 amide bonds. The molecule has 3 nitrogen and oxygen atoms in total. The fourth-order valence-corrected chi connectivity index (χ4v) is 8.99. The van der Waals surface area contributed by atoms with Crippen LogP contribution in [0.2, 0.25) is 0 Å². The van der Waals surface area contributed by atoms with Gasteiger partial charge in [0.25, 0.3) is 0 Å². The zero-order chi connectivity index (χ0) is 31.8. The maximum atomic E-state index is 2.55. The van der Waals surface area contributed by atoms with Crippen molar-refractivity contribution in [1.82, 2.24) is 8.80 Å². The average Bonchev–Trinajstić information content (AvgIpc) is 3.88. The normalized spacial score (nSPS) is 12.5. The molecular weight excluding hydrogens is 595 g/mol. The van der Waals surface area contributed by atoms with E-state index in [0.29, 0.717) is 0 Å². The molecule has 0 bridgehead atoms. The second-order valence-corrected chi connectivity index (χ2v) is 13.3. The number of hydrogen-bond acceptors (Lipinski definition) is 1. The van der Waals surface area contributed by atoms with Crippen LogP contribution in [0.4, 0.5) is 17.1 Å². The Bertz CT molecular complexity index is 3220. The van der Waals surface area contributed by atoms with Crippen molar-refractivity contribution in [2.75, 3.05) is 4.90 Å². The Balaban J connectivity index is 1.29. The first-order valence-electron chi connectivity index (χ1n) is 17.0. The Hall–Kier alpha value is -6.58. The zero-order valence-corrected chi connectivity index (χ0v) is 26.4. The summed E-state index contributed by atoms with van der Waals surface area (Å²) in [6.07, 6.45) is 0. The van der Waals surface area contributed by atoms with Gasteiger partial charge in [-0.3, -0.25) is 0 Å². The average molecular weight is 622 g/mol. The summed E-state index contributed by atoms with van der Waals surface area (Å²) in [5.74, 6) is 0. The van der Waals surface area contributed by atoms with Crippen molar-refractivity contribution in [3.63, 3.8) is 0 Å². The lowest BCUT2D eigenvalue weighted by atomic mass is 10.00. The third kappa shape index (κ3) is 3.13. The molecule has 0 N–H and O–H groups in total. The fourth-order valence-electron chi connectivity index (χ4n) is 8.99. The lowest BCUT2D eigenvalue weighted by molar-refractivity contribution is 1.27. The fraction of sp³-hybridized carbons (Fsp3) is 0. The summed E-state index contributed by atoms with van der Waals surface area (Å²) in [5.41, 5.74) is 11.0. The highest BCUT2D eigenvalue weighted by atomic mass is 15.2. The molecule has 0 unspecified atom stereocenters. The molecule has 0 spiro atoms. The van der Waals surface area contributed by atoms with Crippen LogP contribution in [0, 0.1) is 0 Å². The summed E-state index contributed by atoms with van der Waals surface area (Å²) >= 11 is 0. The summed E-state index contributed by atoms with van der Waals surface area (Å²) in [6.45, 7) is 0. The number of benzene rings is 8. The lowest BCUT2D eigenvalue weighted by Gasteiger charge is -2.26. The molecular formula is C46H27N3. The van der Waals surface area contributed by atoms with E-state index < -0.39 is 0 Å². The van der Waals surface area contributed by atoms with Crippen LogP contribution < -0.4 is 4.90 Å². The minimum atomic E-state index is 1.14. The van der Waals surface area contributed by atoms with Crippen LogP contribution >= 0.6 is 0 Å². The maximum absolute atomic E-state index is 2.55. The summed E-state index contributed by atoms with van der Waals surface area (Å²) in [7, 11) is 0. The van der Waals surface area contributed by atoms with Crippen LogP contribution in [0.15, 0.2) is 164 Å². The predicted molar refractivity (Wildman–Crippen MR) is 208 cm³/mol. The molecule has 0 fully saturated rings. The molecule has 0 saturated carbocycles. The predicted octanol–water partition coefficient (Wildman–Crippen LogP) is 12.6. The van der Waals surface area contributed by atoms with E-state index in [-0.39, 0.29) is 0 Å². The third-order valence-corrected chi connectivity index (χ3v) is 10.9. The van der Waals surface area contributed by atoms with Crippen LogP contribution in [0.1, 0.15) is 0 Å². The monoisotopic (exact) mass is 621 g/mol. The van der Waals surface area contributed by atoms with E-state index in [2.05, 4.69) is 177 Å². The molecule has 3 heteroatoms. The number of fused-ring (bicyclic) bond motifs is 14. The van der Waals surface area contributed by atoms with Gasteiger partial charge in [0.05, 0.1) is 38.8 Å². The van der Waals surface area contributed by atoms with Crippen LogP contribution in [0.3, 0.4) is 0 Å². The number of nitrogens with zero attached hydrogens (tertiary/aromatic N) is 3. The summed E-state index contributed by atoms with van der Waals surface area (Å²) in [5, 5.41) is 13.0. The Morgan fingerprint density at radius 1 is 0.327 bits per heavy atom. The van der Waals surface area contributed by atoms with E-state index in [0.717, 1.165) is 17.1 Å². The molecule has 12 rings (SSSR count). The van der Waals surface area contributed by atoms with Crippen molar-refractivity contribution >= 4 is 104 Å². The second kappa shape index (κ2) is 9.06. The van der Waals surface area contributed by atoms with Crippen molar-refractivity contribution in [2.45, 2.75) is 0 Å². The molecule has 4 aromatic heterocycles. The van der Waals surface area contributed by atoms with Crippen molar-refractivity contribution in [3.05, 3.63) is 164 Å². The number of hydrogen-bond donors (Lipinski definition) is 0. The smallest absolute Gasteiger partial charge is 0.0782 e. The van der Waals surface area contributed by atoms with Gasteiger partial charge < -0.3 is 13.7 Å². The van der Waals surface area contributed by atoms with Crippen LogP contribution in [-0.4, -0.2) is 8.80 Å². The molecule has 0 aliphatic heterocycles. The number of aromatic nitrogens is 2. The van der Waals surface area contributed by atoms with Gasteiger partial charge in [0.1, 0.15) is 0 Å². The van der Waals surface area contributed by atoms with Gasteiger partial charge in [0.2, 0.25) is 0 Å². The van der Waals surface area contributed by atoms with E-state index in [1.165, 1.54) is 87.0 Å². The van der Waals surface area contributed by atoms with Gasteiger partial charge in [-0.2, -0.15) is 0 Å². The Morgan fingerprint density at radius 3 is 1.63 bits per heavy atom. The number of anilines is 3. The minimum Gasteiger partial charge on any atom is -0.308 e. The topological polar surface area (TPSA) is 12.1 Å². The molecule has 0 aliphatic rings. The van der Waals surface area contributed by atoms with E-state index in [1.807, 2.05) is 0 Å². The van der Waals surface area contributed by atoms with E-state index in [9.17, 15) is 0 Å². The molecule has 49 heavy (non-hydrogen) atoms. The first kappa shape index (κ1) is 25.5. The summed E-state index contributed by atoms with van der Waals surface area (Å²) in [4.78, 5) is 2.40. The van der Waals surface area contributed by atoms with Crippen molar-refractivity contribution in [3.8, 4) is 0 Å². The SMILES string of the molecule is c1ccc(N(c2ccccc2)c2cccc3c4cccc5c6cc7c(cc6n(c23)c54)c2cc3ccccc3c3c4ccccc4n7c23)cc1. The Kier molecular flexibility index (Phi) is 4.72. The molecule has 0 aliphatic carbocycles. The first-order valence-corrected chi connectivity index (χ1v) is 17.0. The van der Waals surface area contributed by atoms with Crippen molar-refractivity contribution in [2.24, 2.45) is 0 Å². The van der Waals surface area contributed by atoms with Crippen molar-refractivity contribution in [1.29, 1.82) is 0 Å². The summed E-state index contributed by atoms with van der Waals surface area (Å²) < 4.78 is 5.07. The molecule has 0 saturated heterocycles.